The molecule has 1 aromatic heterocycles. The Morgan fingerprint density at radius 3 is 2.69 bits per heavy atom. The van der Waals surface area contributed by atoms with Gasteiger partial charge in [0.15, 0.2) is 11.9 Å². The molecule has 0 spiro atoms. The Balaban J connectivity index is 2.69. The van der Waals surface area contributed by atoms with Crippen molar-refractivity contribution in [2.45, 2.75) is 32.1 Å². The number of halogens is 2. The zero-order valence-electron chi connectivity index (χ0n) is 8.54. The van der Waals surface area contributed by atoms with E-state index < -0.39 is 6.43 Å². The summed E-state index contributed by atoms with van der Waals surface area (Å²) in [5.41, 5.74) is 0.339. The number of hydrogen-bond donors (Lipinski definition) is 0. The van der Waals surface area contributed by atoms with Gasteiger partial charge in [-0.15, -0.1) is 0 Å². The first-order valence-electron chi connectivity index (χ1n) is 5.11. The van der Waals surface area contributed by atoms with E-state index in [4.69, 9.17) is 5.26 Å². The van der Waals surface area contributed by atoms with Gasteiger partial charge in [-0.1, -0.05) is 0 Å². The van der Waals surface area contributed by atoms with E-state index in [-0.39, 0.29) is 11.1 Å². The van der Waals surface area contributed by atoms with Crippen molar-refractivity contribution in [1.29, 1.82) is 5.26 Å². The summed E-state index contributed by atoms with van der Waals surface area (Å²) in [6.07, 6.45) is 0.886. The van der Waals surface area contributed by atoms with Crippen LogP contribution < -0.4 is 4.73 Å². The second-order valence-corrected chi connectivity index (χ2v) is 3.83. The molecular formula is C11H10F2N2O. The number of fused-ring (bicyclic) bond motifs is 1. The molecule has 0 bridgehead atoms. The maximum atomic E-state index is 12.9. The minimum atomic E-state index is -2.69. The predicted molar refractivity (Wildman–Crippen MR) is 51.7 cm³/mol. The molecule has 2 rings (SSSR count). The third kappa shape index (κ3) is 1.60. The molecule has 0 amide bonds. The van der Waals surface area contributed by atoms with Gasteiger partial charge in [-0.25, -0.2) is 8.78 Å². The lowest BCUT2D eigenvalue weighted by Crippen LogP contribution is -2.36. The van der Waals surface area contributed by atoms with E-state index in [0.29, 0.717) is 28.8 Å². The molecule has 0 aromatic carbocycles. The second-order valence-electron chi connectivity index (χ2n) is 3.83. The van der Waals surface area contributed by atoms with E-state index in [2.05, 4.69) is 0 Å². The van der Waals surface area contributed by atoms with Crippen LogP contribution in [-0.4, -0.2) is 0 Å². The highest BCUT2D eigenvalue weighted by Crippen LogP contribution is 2.31. The molecule has 5 heteroatoms. The summed E-state index contributed by atoms with van der Waals surface area (Å²) in [5, 5.41) is 20.3. The van der Waals surface area contributed by atoms with Gasteiger partial charge in [0.2, 0.25) is 0 Å². The molecule has 1 aliphatic carbocycles. The summed E-state index contributed by atoms with van der Waals surface area (Å²) in [6.45, 7) is 0. The average Bonchev–Trinajstić information content (AvgIpc) is 2.28. The number of alkyl halides is 2. The Hall–Kier alpha value is -1.70. The number of rotatable bonds is 1. The van der Waals surface area contributed by atoms with Crippen LogP contribution in [0, 0.1) is 16.5 Å². The lowest BCUT2D eigenvalue weighted by molar-refractivity contribution is -0.615. The first-order valence-corrected chi connectivity index (χ1v) is 5.11. The van der Waals surface area contributed by atoms with E-state index in [1.165, 1.54) is 0 Å². The Morgan fingerprint density at radius 2 is 2.06 bits per heavy atom. The van der Waals surface area contributed by atoms with Gasteiger partial charge < -0.3 is 5.21 Å². The van der Waals surface area contributed by atoms with Crippen LogP contribution in [0.2, 0.25) is 0 Å². The van der Waals surface area contributed by atoms with Crippen LogP contribution in [0.1, 0.15) is 41.7 Å². The van der Waals surface area contributed by atoms with Crippen molar-refractivity contribution in [1.82, 2.24) is 0 Å². The molecule has 0 radical (unpaired) electrons. The number of hydrogen-bond acceptors (Lipinski definition) is 2. The van der Waals surface area contributed by atoms with Gasteiger partial charge in [0.05, 0.1) is 5.56 Å². The molecule has 0 saturated heterocycles. The zero-order chi connectivity index (χ0) is 11.7. The highest BCUT2D eigenvalue weighted by molar-refractivity contribution is 5.43. The van der Waals surface area contributed by atoms with E-state index in [9.17, 15) is 14.0 Å². The van der Waals surface area contributed by atoms with Gasteiger partial charge in [0.1, 0.15) is 11.6 Å². The molecule has 0 N–H and O–H groups in total. The van der Waals surface area contributed by atoms with Crippen LogP contribution in [0.4, 0.5) is 8.78 Å². The predicted octanol–water partition coefficient (Wildman–Crippen LogP) is 2.01. The fourth-order valence-electron chi connectivity index (χ4n) is 2.19. The molecule has 84 valence electrons. The third-order valence-corrected chi connectivity index (χ3v) is 2.91. The van der Waals surface area contributed by atoms with Gasteiger partial charge in [-0.2, -0.15) is 9.99 Å². The fourth-order valence-corrected chi connectivity index (χ4v) is 2.19. The van der Waals surface area contributed by atoms with Gasteiger partial charge >= 0.3 is 0 Å². The Labute approximate surface area is 91.5 Å². The Bertz CT molecular complexity index is 466. The summed E-state index contributed by atoms with van der Waals surface area (Å²) >= 11 is 0. The van der Waals surface area contributed by atoms with Gasteiger partial charge in [0, 0.05) is 12.0 Å². The van der Waals surface area contributed by atoms with Crippen molar-refractivity contribution in [2.75, 3.05) is 0 Å². The molecule has 0 fully saturated rings. The minimum absolute atomic E-state index is 0.203. The Kier molecular flexibility index (Phi) is 2.73. The molecule has 16 heavy (non-hydrogen) atoms. The second kappa shape index (κ2) is 4.05. The monoisotopic (exact) mass is 224 g/mol. The van der Waals surface area contributed by atoms with Crippen molar-refractivity contribution < 1.29 is 13.5 Å². The lowest BCUT2D eigenvalue weighted by atomic mass is 9.90. The van der Waals surface area contributed by atoms with E-state index in [1.807, 2.05) is 0 Å². The van der Waals surface area contributed by atoms with E-state index in [1.54, 1.807) is 6.07 Å². The summed E-state index contributed by atoms with van der Waals surface area (Å²) in [4.78, 5) is 0. The van der Waals surface area contributed by atoms with Crippen LogP contribution in [0.3, 0.4) is 0 Å². The van der Waals surface area contributed by atoms with E-state index in [0.717, 1.165) is 19.0 Å². The molecule has 1 aliphatic rings. The van der Waals surface area contributed by atoms with Crippen molar-refractivity contribution >= 4 is 0 Å². The molecular weight excluding hydrogens is 214 g/mol. The molecule has 1 heterocycles. The van der Waals surface area contributed by atoms with Crippen molar-refractivity contribution in [2.24, 2.45) is 0 Å². The van der Waals surface area contributed by atoms with Crippen LogP contribution in [0.25, 0.3) is 0 Å². The lowest BCUT2D eigenvalue weighted by Gasteiger charge is -2.18. The number of pyridine rings is 1. The molecule has 0 unspecified atom stereocenters. The first kappa shape index (κ1) is 10.8. The van der Waals surface area contributed by atoms with Crippen molar-refractivity contribution in [3.8, 4) is 6.07 Å². The number of aromatic nitrogens is 1. The zero-order valence-corrected chi connectivity index (χ0v) is 8.54. The topological polar surface area (TPSA) is 50.7 Å². The maximum absolute atomic E-state index is 12.9. The summed E-state index contributed by atoms with van der Waals surface area (Å²) in [6, 6.07) is 1.67. The minimum Gasteiger partial charge on any atom is -0.618 e. The van der Waals surface area contributed by atoms with Crippen molar-refractivity contribution in [3.63, 3.8) is 0 Å². The SMILES string of the molecule is N#Cc1c[n+]([O-])c2c(c1C(F)F)CCCC2. The molecule has 0 saturated carbocycles. The standard InChI is InChI=1S/C11H10F2N2O/c12-11(13)10-7(5-14)6-15(16)9-4-2-1-3-8(9)10/h6,11H,1-4H2. The number of nitriles is 1. The maximum Gasteiger partial charge on any atom is 0.265 e. The quantitative estimate of drug-likeness (QED) is 0.541. The Morgan fingerprint density at radius 1 is 1.38 bits per heavy atom. The molecule has 3 nitrogen and oxygen atoms in total. The smallest absolute Gasteiger partial charge is 0.265 e. The van der Waals surface area contributed by atoms with Gasteiger partial charge in [-0.3, -0.25) is 0 Å². The third-order valence-electron chi connectivity index (χ3n) is 2.91. The van der Waals surface area contributed by atoms with Gasteiger partial charge in [0.25, 0.3) is 6.43 Å². The highest BCUT2D eigenvalue weighted by atomic mass is 19.3. The number of nitrogens with zero attached hydrogens (tertiary/aromatic N) is 2. The average molecular weight is 224 g/mol. The normalized spacial score (nSPS) is 14.6. The first-order chi connectivity index (χ1) is 7.65. The van der Waals surface area contributed by atoms with Crippen LogP contribution in [-0.2, 0) is 12.8 Å². The largest absolute Gasteiger partial charge is 0.618 e. The van der Waals surface area contributed by atoms with Crippen LogP contribution >= 0.6 is 0 Å². The molecule has 0 atom stereocenters. The summed E-state index contributed by atoms with van der Waals surface area (Å²) < 4.78 is 26.3. The van der Waals surface area contributed by atoms with Crippen LogP contribution in [0.5, 0.6) is 0 Å². The molecule has 1 aromatic rings. The van der Waals surface area contributed by atoms with Gasteiger partial charge in [-0.05, 0) is 19.3 Å². The fraction of sp³-hybridized carbons (Fsp3) is 0.455. The highest BCUT2D eigenvalue weighted by Gasteiger charge is 2.28. The summed E-state index contributed by atoms with van der Waals surface area (Å²) in [5.74, 6) is 0. The molecule has 0 aliphatic heterocycles. The summed E-state index contributed by atoms with van der Waals surface area (Å²) in [7, 11) is 0. The van der Waals surface area contributed by atoms with E-state index >= 15 is 0 Å². The van der Waals surface area contributed by atoms with Crippen molar-refractivity contribution in [3.05, 3.63) is 33.8 Å². The van der Waals surface area contributed by atoms with Crippen LogP contribution in [0.15, 0.2) is 6.20 Å².